The fourth-order valence-electron chi connectivity index (χ4n) is 6.59. The average Bonchev–Trinajstić information content (AvgIpc) is 3.12. The van der Waals surface area contributed by atoms with Crippen molar-refractivity contribution in [3.8, 4) is 0 Å². The molecule has 0 rings (SSSR count). The van der Waals surface area contributed by atoms with Crippen molar-refractivity contribution < 1.29 is 33.5 Å². The van der Waals surface area contributed by atoms with Gasteiger partial charge in [-0.2, -0.15) is 0 Å². The highest BCUT2D eigenvalue weighted by Gasteiger charge is 2.28. The summed E-state index contributed by atoms with van der Waals surface area (Å²) in [5, 5.41) is 24.1. The Hall–Kier alpha value is -0.800. The number of nitrogens with two attached hydrogens (primary N) is 1. The van der Waals surface area contributed by atoms with E-state index >= 15 is 0 Å². The fraction of sp³-hybridized carbons (Fsp3) is 0.929. The molecule has 0 aliphatic heterocycles. The maximum Gasteiger partial charge on any atom is 0.472 e. The van der Waals surface area contributed by atoms with Crippen LogP contribution in [0.4, 0.5) is 0 Å². The second-order valence-corrected chi connectivity index (χ2v) is 16.6. The summed E-state index contributed by atoms with van der Waals surface area (Å²) >= 11 is 0. The van der Waals surface area contributed by atoms with Gasteiger partial charge in [0.2, 0.25) is 5.91 Å². The Labute approximate surface area is 320 Å². The molecule has 0 fully saturated rings. The minimum atomic E-state index is -4.37. The first-order valence-corrected chi connectivity index (χ1v) is 23.4. The number of aliphatic hydroxyl groups excluding tert-OH is 2. The van der Waals surface area contributed by atoms with Crippen molar-refractivity contribution in [1.82, 2.24) is 5.32 Å². The van der Waals surface area contributed by atoms with Crippen molar-refractivity contribution in [2.45, 2.75) is 231 Å². The number of hydrogen-bond acceptors (Lipinski definition) is 7. The predicted octanol–water partition coefficient (Wildman–Crippen LogP) is 11.0. The molecule has 1 amide bonds. The lowest BCUT2D eigenvalue weighted by atomic mass is 10.0. The van der Waals surface area contributed by atoms with Gasteiger partial charge in [0.15, 0.2) is 0 Å². The van der Waals surface area contributed by atoms with Crippen LogP contribution in [0.2, 0.25) is 0 Å². The van der Waals surface area contributed by atoms with Crippen LogP contribution in [0.15, 0.2) is 12.2 Å². The molecule has 0 radical (unpaired) electrons. The minimum Gasteiger partial charge on any atom is -0.393 e. The van der Waals surface area contributed by atoms with Crippen molar-refractivity contribution in [2.24, 2.45) is 5.73 Å². The highest BCUT2D eigenvalue weighted by Crippen LogP contribution is 2.43. The third-order valence-electron chi connectivity index (χ3n) is 9.92. The van der Waals surface area contributed by atoms with Gasteiger partial charge in [0.1, 0.15) is 0 Å². The summed E-state index contributed by atoms with van der Waals surface area (Å²) in [6, 6.07) is -0.897. The molecule has 0 spiro atoms. The first-order valence-electron chi connectivity index (χ1n) is 21.9. The van der Waals surface area contributed by atoms with Gasteiger partial charge < -0.3 is 26.2 Å². The van der Waals surface area contributed by atoms with Crippen LogP contribution in [0.5, 0.6) is 0 Å². The predicted molar refractivity (Wildman–Crippen MR) is 218 cm³/mol. The molecular formula is C42H85N2O7P. The lowest BCUT2D eigenvalue weighted by Gasteiger charge is -2.25. The Balaban J connectivity index is 4.21. The molecule has 0 saturated carbocycles. The number of hydrogen-bond donors (Lipinski definition) is 5. The Morgan fingerprint density at radius 2 is 1.04 bits per heavy atom. The van der Waals surface area contributed by atoms with Crippen molar-refractivity contribution in [3.05, 3.63) is 12.2 Å². The van der Waals surface area contributed by atoms with Crippen LogP contribution in [0, 0.1) is 0 Å². The third-order valence-corrected chi connectivity index (χ3v) is 10.9. The van der Waals surface area contributed by atoms with E-state index in [-0.39, 0.29) is 26.2 Å². The number of rotatable bonds is 41. The summed E-state index contributed by atoms with van der Waals surface area (Å²) in [6.07, 6.45) is 38.3. The van der Waals surface area contributed by atoms with Gasteiger partial charge in [-0.15, -0.1) is 0 Å². The Morgan fingerprint density at radius 1 is 0.635 bits per heavy atom. The molecule has 4 atom stereocenters. The van der Waals surface area contributed by atoms with Gasteiger partial charge in [-0.1, -0.05) is 180 Å². The molecule has 4 unspecified atom stereocenters. The Kier molecular flexibility index (Phi) is 37.9. The van der Waals surface area contributed by atoms with E-state index in [1.165, 1.54) is 128 Å². The second-order valence-electron chi connectivity index (χ2n) is 15.1. The summed E-state index contributed by atoms with van der Waals surface area (Å²) in [7, 11) is -4.37. The van der Waals surface area contributed by atoms with E-state index in [9.17, 15) is 24.5 Å². The summed E-state index contributed by atoms with van der Waals surface area (Å²) in [5.74, 6) is -0.422. The monoisotopic (exact) mass is 761 g/mol. The van der Waals surface area contributed by atoms with Crippen molar-refractivity contribution in [1.29, 1.82) is 0 Å². The second kappa shape index (κ2) is 38.5. The number of carbonyl (C=O) groups is 1. The van der Waals surface area contributed by atoms with E-state index in [4.69, 9.17) is 14.8 Å². The molecule has 0 heterocycles. The normalized spacial score (nSPS) is 14.8. The van der Waals surface area contributed by atoms with Crippen molar-refractivity contribution in [3.63, 3.8) is 0 Å². The number of phosphoric acid groups is 1. The van der Waals surface area contributed by atoms with Crippen LogP contribution < -0.4 is 11.1 Å². The van der Waals surface area contributed by atoms with Crippen molar-refractivity contribution >= 4 is 13.7 Å². The standard InChI is InChI=1S/C42H85N2O7P/c1-3-5-7-9-11-13-15-16-17-18-19-20-21-22-23-24-26-28-30-32-34-41(46)40(38-51-52(48,49)50-36-35-43)44-42(47)37-39(45)33-31-29-27-25-14-12-10-8-6-4-2/h12,14,39-41,45-46H,3-11,13,15-38,43H2,1-2H3,(H,44,47)(H,48,49)/b14-12-. The number of nitrogens with one attached hydrogen (secondary N) is 1. The highest BCUT2D eigenvalue weighted by molar-refractivity contribution is 7.47. The molecule has 52 heavy (non-hydrogen) atoms. The lowest BCUT2D eigenvalue weighted by Crippen LogP contribution is -2.47. The number of allylic oxidation sites excluding steroid dienone is 2. The maximum atomic E-state index is 12.8. The Bertz CT molecular complexity index is 847. The average molecular weight is 761 g/mol. The van der Waals surface area contributed by atoms with E-state index in [1.54, 1.807) is 0 Å². The molecule has 310 valence electrons. The van der Waals surface area contributed by atoms with E-state index in [2.05, 4.69) is 31.3 Å². The van der Waals surface area contributed by atoms with Crippen LogP contribution in [-0.4, -0.2) is 59.0 Å². The third kappa shape index (κ3) is 36.2. The SMILES string of the molecule is CCCCC/C=C\CCCCCC(O)CC(=O)NC(COP(=O)(O)OCCN)C(O)CCCCCCCCCCCCCCCCCCCCCC. The first-order chi connectivity index (χ1) is 25.3. The van der Waals surface area contributed by atoms with Gasteiger partial charge in [0.05, 0.1) is 37.9 Å². The summed E-state index contributed by atoms with van der Waals surface area (Å²) in [5.41, 5.74) is 5.36. The zero-order valence-corrected chi connectivity index (χ0v) is 34.8. The van der Waals surface area contributed by atoms with E-state index < -0.39 is 32.0 Å². The molecule has 0 aliphatic carbocycles. The molecule has 0 aliphatic rings. The van der Waals surface area contributed by atoms with Crippen LogP contribution in [-0.2, 0) is 18.4 Å². The number of aliphatic hydroxyl groups is 2. The molecule has 0 saturated heterocycles. The van der Waals surface area contributed by atoms with Crippen LogP contribution in [0.25, 0.3) is 0 Å². The van der Waals surface area contributed by atoms with Crippen LogP contribution in [0.3, 0.4) is 0 Å². The zero-order valence-electron chi connectivity index (χ0n) is 33.9. The minimum absolute atomic E-state index is 0.0593. The number of phosphoric ester groups is 1. The summed E-state index contributed by atoms with van der Waals surface area (Å²) < 4.78 is 22.1. The van der Waals surface area contributed by atoms with Gasteiger partial charge in [-0.05, 0) is 38.5 Å². The molecule has 10 heteroatoms. The van der Waals surface area contributed by atoms with Gasteiger partial charge in [-0.25, -0.2) is 4.57 Å². The first kappa shape index (κ1) is 51.2. The quantitative estimate of drug-likeness (QED) is 0.0235. The topological polar surface area (TPSA) is 151 Å². The lowest BCUT2D eigenvalue weighted by molar-refractivity contribution is -0.125. The van der Waals surface area contributed by atoms with E-state index in [1.807, 2.05) is 0 Å². The summed E-state index contributed by atoms with van der Waals surface area (Å²) in [6.45, 7) is 4.01. The molecule has 0 aromatic rings. The highest BCUT2D eigenvalue weighted by atomic mass is 31.2. The van der Waals surface area contributed by atoms with Crippen molar-refractivity contribution in [2.75, 3.05) is 19.8 Å². The van der Waals surface area contributed by atoms with Gasteiger partial charge in [-0.3, -0.25) is 13.8 Å². The largest absolute Gasteiger partial charge is 0.472 e. The molecule has 9 nitrogen and oxygen atoms in total. The van der Waals surface area contributed by atoms with Gasteiger partial charge in [0.25, 0.3) is 0 Å². The van der Waals surface area contributed by atoms with Crippen LogP contribution in [0.1, 0.15) is 213 Å². The number of amides is 1. The van der Waals surface area contributed by atoms with Gasteiger partial charge in [0, 0.05) is 6.54 Å². The molecule has 0 bridgehead atoms. The van der Waals surface area contributed by atoms with E-state index in [0.717, 1.165) is 51.4 Å². The number of unbranched alkanes of at least 4 members (excludes halogenated alkanes) is 25. The fourth-order valence-corrected chi connectivity index (χ4v) is 7.35. The Morgan fingerprint density at radius 3 is 1.52 bits per heavy atom. The van der Waals surface area contributed by atoms with Gasteiger partial charge >= 0.3 is 7.82 Å². The number of carbonyl (C=O) groups excluding carboxylic acids is 1. The van der Waals surface area contributed by atoms with Crippen LogP contribution >= 0.6 is 7.82 Å². The molecule has 0 aromatic heterocycles. The smallest absolute Gasteiger partial charge is 0.393 e. The molecular weight excluding hydrogens is 675 g/mol. The summed E-state index contributed by atoms with van der Waals surface area (Å²) in [4.78, 5) is 22.7. The molecule has 0 aromatic carbocycles. The zero-order chi connectivity index (χ0) is 38.4. The van der Waals surface area contributed by atoms with E-state index in [0.29, 0.717) is 12.8 Å². The molecule has 6 N–H and O–H groups in total. The maximum absolute atomic E-state index is 12.8.